The number of hydrogen-bond acceptors (Lipinski definition) is 5. The third-order valence-corrected chi connectivity index (χ3v) is 3.91. The molecule has 0 aliphatic heterocycles. The summed E-state index contributed by atoms with van der Waals surface area (Å²) in [4.78, 5) is 17.9. The topological polar surface area (TPSA) is 81.0 Å². The zero-order valence-corrected chi connectivity index (χ0v) is 10.9. The summed E-state index contributed by atoms with van der Waals surface area (Å²) in [6.45, 7) is 2.83. The molecule has 1 fully saturated rings. The zero-order chi connectivity index (χ0) is 13.2. The summed E-state index contributed by atoms with van der Waals surface area (Å²) in [6.07, 6.45) is 5.73. The van der Waals surface area contributed by atoms with Crippen LogP contribution < -0.4 is 5.32 Å². The minimum Gasteiger partial charge on any atom is -0.364 e. The number of aromatic nitrogens is 2. The summed E-state index contributed by atoms with van der Waals surface area (Å²) in [5.74, 6) is 0.208. The Balaban J connectivity index is 2.12. The predicted octanol–water partition coefficient (Wildman–Crippen LogP) is 3.03. The molecule has 0 aromatic carbocycles. The van der Waals surface area contributed by atoms with Crippen LogP contribution in [0.1, 0.15) is 32.6 Å². The van der Waals surface area contributed by atoms with E-state index in [2.05, 4.69) is 22.2 Å². The molecule has 1 saturated carbocycles. The van der Waals surface area contributed by atoms with Gasteiger partial charge in [-0.2, -0.15) is 4.98 Å². The van der Waals surface area contributed by atoms with Crippen LogP contribution in [0, 0.1) is 15.5 Å². The second kappa shape index (κ2) is 5.06. The molecule has 1 heterocycles. The van der Waals surface area contributed by atoms with E-state index in [1.54, 1.807) is 0 Å². The number of rotatable bonds is 5. The van der Waals surface area contributed by atoms with Gasteiger partial charge in [-0.05, 0) is 36.3 Å². The van der Waals surface area contributed by atoms with Crippen LogP contribution in [0.2, 0.25) is 5.28 Å². The van der Waals surface area contributed by atoms with Crippen LogP contribution in [-0.4, -0.2) is 21.4 Å². The first-order valence-corrected chi connectivity index (χ1v) is 6.35. The van der Waals surface area contributed by atoms with Crippen molar-refractivity contribution in [2.45, 2.75) is 32.6 Å². The Labute approximate surface area is 110 Å². The Morgan fingerprint density at radius 1 is 1.61 bits per heavy atom. The number of halogens is 1. The molecule has 18 heavy (non-hydrogen) atoms. The van der Waals surface area contributed by atoms with Crippen molar-refractivity contribution in [1.82, 2.24) is 9.97 Å². The molecule has 98 valence electrons. The lowest BCUT2D eigenvalue weighted by Gasteiger charge is -2.41. The molecule has 0 spiro atoms. The molecule has 0 radical (unpaired) electrons. The molecule has 0 saturated heterocycles. The molecular formula is C11H15ClN4O2. The van der Waals surface area contributed by atoms with Crippen LogP contribution >= 0.6 is 11.6 Å². The largest absolute Gasteiger partial charge is 0.364 e. The first-order valence-electron chi connectivity index (χ1n) is 5.97. The lowest BCUT2D eigenvalue weighted by Crippen LogP contribution is -2.36. The van der Waals surface area contributed by atoms with Gasteiger partial charge < -0.3 is 5.32 Å². The number of nitrogens with one attached hydrogen (secondary N) is 1. The van der Waals surface area contributed by atoms with Gasteiger partial charge in [0, 0.05) is 6.54 Å². The fourth-order valence-electron chi connectivity index (χ4n) is 2.22. The lowest BCUT2D eigenvalue weighted by molar-refractivity contribution is -0.384. The van der Waals surface area contributed by atoms with E-state index in [0.29, 0.717) is 6.54 Å². The molecule has 6 nitrogen and oxygen atoms in total. The highest BCUT2D eigenvalue weighted by molar-refractivity contribution is 6.28. The summed E-state index contributed by atoms with van der Waals surface area (Å²) >= 11 is 5.67. The first-order chi connectivity index (χ1) is 8.56. The van der Waals surface area contributed by atoms with E-state index in [4.69, 9.17) is 11.6 Å². The minimum atomic E-state index is -0.502. The summed E-state index contributed by atoms with van der Waals surface area (Å²) in [7, 11) is 0. The fourth-order valence-corrected chi connectivity index (χ4v) is 2.35. The van der Waals surface area contributed by atoms with Crippen molar-refractivity contribution in [1.29, 1.82) is 0 Å². The molecular weight excluding hydrogens is 256 g/mol. The zero-order valence-electron chi connectivity index (χ0n) is 10.1. The van der Waals surface area contributed by atoms with Crippen LogP contribution in [0.5, 0.6) is 0 Å². The maximum Gasteiger partial charge on any atom is 0.329 e. The molecule has 0 unspecified atom stereocenters. The van der Waals surface area contributed by atoms with Gasteiger partial charge in [-0.15, -0.1) is 0 Å². The van der Waals surface area contributed by atoms with Crippen LogP contribution in [0.4, 0.5) is 11.5 Å². The van der Waals surface area contributed by atoms with Gasteiger partial charge in [-0.1, -0.05) is 13.3 Å². The number of anilines is 1. The number of nitrogens with zero attached hydrogens (tertiary/aromatic N) is 3. The smallest absolute Gasteiger partial charge is 0.329 e. The van der Waals surface area contributed by atoms with Gasteiger partial charge in [0.25, 0.3) is 0 Å². The van der Waals surface area contributed by atoms with Gasteiger partial charge in [0.2, 0.25) is 11.1 Å². The maximum atomic E-state index is 10.9. The number of nitro groups is 1. The maximum absolute atomic E-state index is 10.9. The van der Waals surface area contributed by atoms with Gasteiger partial charge in [0.1, 0.15) is 6.20 Å². The predicted molar refractivity (Wildman–Crippen MR) is 68.8 cm³/mol. The quantitative estimate of drug-likeness (QED) is 0.505. The molecule has 0 atom stereocenters. The molecule has 1 aliphatic rings. The van der Waals surface area contributed by atoms with Crippen molar-refractivity contribution in [2.24, 2.45) is 5.41 Å². The van der Waals surface area contributed by atoms with Crippen molar-refractivity contribution in [2.75, 3.05) is 11.9 Å². The normalized spacial score (nSPS) is 17.0. The summed E-state index contributed by atoms with van der Waals surface area (Å²) in [5, 5.41) is 13.9. The Morgan fingerprint density at radius 2 is 2.33 bits per heavy atom. The van der Waals surface area contributed by atoms with E-state index in [0.717, 1.165) is 25.5 Å². The molecule has 1 aliphatic carbocycles. The van der Waals surface area contributed by atoms with Gasteiger partial charge in [-0.3, -0.25) is 10.1 Å². The first kappa shape index (κ1) is 13.0. The summed E-state index contributed by atoms with van der Waals surface area (Å²) in [5.41, 5.74) is 0.121. The highest BCUT2D eigenvalue weighted by Gasteiger charge is 2.35. The summed E-state index contributed by atoms with van der Waals surface area (Å²) < 4.78 is 0. The summed E-state index contributed by atoms with van der Waals surface area (Å²) in [6, 6.07) is 0. The molecule has 7 heteroatoms. The second-order valence-electron chi connectivity index (χ2n) is 4.69. The molecule has 1 aromatic heterocycles. The number of hydrogen-bond donors (Lipinski definition) is 1. The van der Waals surface area contributed by atoms with Crippen LogP contribution in [0.3, 0.4) is 0 Å². The van der Waals surface area contributed by atoms with E-state index in [-0.39, 0.29) is 22.2 Å². The van der Waals surface area contributed by atoms with Gasteiger partial charge in [-0.25, -0.2) is 4.98 Å². The van der Waals surface area contributed by atoms with Crippen LogP contribution in [0.25, 0.3) is 0 Å². The molecule has 0 amide bonds. The van der Waals surface area contributed by atoms with Crippen molar-refractivity contribution in [3.63, 3.8) is 0 Å². The van der Waals surface area contributed by atoms with Crippen molar-refractivity contribution < 1.29 is 4.92 Å². The van der Waals surface area contributed by atoms with E-state index < -0.39 is 4.92 Å². The average Bonchev–Trinajstić information content (AvgIpc) is 2.28. The van der Waals surface area contributed by atoms with Crippen LogP contribution in [-0.2, 0) is 0 Å². The van der Waals surface area contributed by atoms with E-state index in [9.17, 15) is 10.1 Å². The van der Waals surface area contributed by atoms with Crippen molar-refractivity contribution in [3.05, 3.63) is 21.6 Å². The van der Waals surface area contributed by atoms with Crippen molar-refractivity contribution >= 4 is 23.1 Å². The van der Waals surface area contributed by atoms with Gasteiger partial charge >= 0.3 is 5.69 Å². The fraction of sp³-hybridized carbons (Fsp3) is 0.636. The molecule has 1 N–H and O–H groups in total. The van der Waals surface area contributed by atoms with Gasteiger partial charge in [0.15, 0.2) is 0 Å². The molecule has 0 bridgehead atoms. The van der Waals surface area contributed by atoms with E-state index in [1.807, 2.05) is 0 Å². The van der Waals surface area contributed by atoms with Gasteiger partial charge in [0.05, 0.1) is 4.92 Å². The standard InChI is InChI=1S/C11H15ClN4O2/c1-2-11(4-3-5-11)7-14-9-8(16(17)18)6-13-10(12)15-9/h6H,2-5,7H2,1H3,(H,13,14,15). The Bertz CT molecular complexity index is 457. The Hall–Kier alpha value is -1.43. The average molecular weight is 271 g/mol. The van der Waals surface area contributed by atoms with Crippen LogP contribution in [0.15, 0.2) is 6.20 Å². The SMILES string of the molecule is CCC1(CNc2nc(Cl)ncc2[N+](=O)[O-])CCC1. The van der Waals surface area contributed by atoms with E-state index in [1.165, 1.54) is 6.42 Å². The minimum absolute atomic E-state index is 0.0160. The second-order valence-corrected chi connectivity index (χ2v) is 5.03. The highest BCUT2D eigenvalue weighted by atomic mass is 35.5. The van der Waals surface area contributed by atoms with E-state index >= 15 is 0 Å². The highest BCUT2D eigenvalue weighted by Crippen LogP contribution is 2.43. The third-order valence-electron chi connectivity index (χ3n) is 3.73. The lowest BCUT2D eigenvalue weighted by atomic mass is 9.67. The Kier molecular flexibility index (Phi) is 3.65. The molecule has 2 rings (SSSR count). The third kappa shape index (κ3) is 2.53. The molecule has 1 aromatic rings. The van der Waals surface area contributed by atoms with Crippen molar-refractivity contribution in [3.8, 4) is 0 Å². The monoisotopic (exact) mass is 270 g/mol. The Morgan fingerprint density at radius 3 is 2.83 bits per heavy atom.